The number of anilines is 1. The second kappa shape index (κ2) is 33.0. The number of amides is 3. The van der Waals surface area contributed by atoms with Crippen molar-refractivity contribution in [2.75, 3.05) is 90.7 Å². The van der Waals surface area contributed by atoms with Crippen molar-refractivity contribution in [2.24, 2.45) is 4.99 Å². The van der Waals surface area contributed by atoms with Crippen LogP contribution in [0.3, 0.4) is 0 Å². The fourth-order valence-electron chi connectivity index (χ4n) is 4.94. The van der Waals surface area contributed by atoms with Crippen molar-refractivity contribution in [3.63, 3.8) is 0 Å². The highest BCUT2D eigenvalue weighted by Gasteiger charge is 2.22. The quantitative estimate of drug-likeness (QED) is 0.0694. The molecule has 0 aromatic carbocycles. The molecule has 6 heterocycles. The zero-order valence-electron chi connectivity index (χ0n) is 43.2. The number of carbonyl (C=O) groups excluding carboxylic acids is 5. The number of aliphatic imine (C=N–C) groups is 1. The second-order valence-corrected chi connectivity index (χ2v) is 22.6. The first-order valence-electron chi connectivity index (χ1n) is 20.6. The van der Waals surface area contributed by atoms with E-state index >= 15 is 0 Å². The Morgan fingerprint density at radius 2 is 0.880 bits per heavy atom. The van der Waals surface area contributed by atoms with Gasteiger partial charge in [-0.1, -0.05) is 0 Å². The number of esters is 2. The van der Waals surface area contributed by atoms with Crippen LogP contribution in [0.5, 0.6) is 34.5 Å². The fraction of sp³-hybridized carbons (Fsp3) is 0.326. The van der Waals surface area contributed by atoms with Crippen molar-refractivity contribution in [1.82, 2.24) is 14.7 Å². The van der Waals surface area contributed by atoms with Gasteiger partial charge in [-0.25, -0.2) is 14.4 Å². The molecule has 6 aromatic heterocycles. The van der Waals surface area contributed by atoms with Crippen LogP contribution in [0.1, 0.15) is 77.4 Å². The van der Waals surface area contributed by atoms with Crippen LogP contribution in [0.25, 0.3) is 0 Å². The Hall–Kier alpha value is -5.27. The van der Waals surface area contributed by atoms with E-state index in [0.29, 0.717) is 42.1 Å². The summed E-state index contributed by atoms with van der Waals surface area (Å²) in [7, 11) is 18.8. The molecule has 6 aromatic rings. The number of carboxylic acids is 1. The molecule has 0 saturated carbocycles. The van der Waals surface area contributed by atoms with Gasteiger partial charge in [-0.3, -0.25) is 19.4 Å². The highest BCUT2D eigenvalue weighted by atomic mass is 79.9. The van der Waals surface area contributed by atoms with E-state index in [4.69, 9.17) is 29.8 Å². The molecule has 0 aliphatic rings. The third-order valence-electron chi connectivity index (χ3n) is 8.46. The summed E-state index contributed by atoms with van der Waals surface area (Å²) in [6.45, 7) is 5.64. The lowest BCUT2D eigenvalue weighted by Crippen LogP contribution is -2.21. The Morgan fingerprint density at radius 1 is 0.507 bits per heavy atom. The summed E-state index contributed by atoms with van der Waals surface area (Å²) in [4.78, 5) is 78.4. The van der Waals surface area contributed by atoms with Crippen LogP contribution in [0.2, 0.25) is 0 Å². The summed E-state index contributed by atoms with van der Waals surface area (Å²) in [6.07, 6.45) is 0. The number of thiophene rings is 6. The standard InChI is InChI=1S/C11H16N2O2S.C8H10BrNO2S.C7H7BrO3S.C7H10N2O2S.C7H8O3S.C6H5BrO3S/c1-7(2)12-8-6-16-10(9(8)15-5)11(14)13(3)4;1-10(2)8(11)7-6(12-3)5(9)4-13-7;1-10-5-4(8)3-12-6(5)7(9)11-2;1-9(2)7(11)6-5(10)4(8)3-12-6;1-4-3-11-6(7(8)9)5(4)10-2;1-10-6(9)5-4(8)3(7)2-11-5/h6H,1-5H3;4H,1-3H3;3H,1-2H3;3,10H,8H2,1-2H3;3H,1-2H3,(H,8,9);2,8H,1H3. The van der Waals surface area contributed by atoms with Gasteiger partial charge in [0.25, 0.3) is 17.7 Å². The van der Waals surface area contributed by atoms with Crippen LogP contribution in [-0.4, -0.2) is 156 Å². The predicted molar refractivity (Wildman–Crippen MR) is 310 cm³/mol. The van der Waals surface area contributed by atoms with Crippen molar-refractivity contribution >= 4 is 169 Å². The van der Waals surface area contributed by atoms with Crippen molar-refractivity contribution in [3.05, 3.63) is 80.5 Å². The first-order valence-corrected chi connectivity index (χ1v) is 28.3. The SMILES string of the molecule is CN(C)C(=O)c1scc(N)c1O.COC(=O)c1scc(Br)c1O.COC(=O)c1scc(Br)c1OC.COc1c(Br)csc1C(=O)N(C)C.COc1c(C)csc1C(=O)O.COc1c(N=C(C)C)csc1C(=O)N(C)C. The van der Waals surface area contributed by atoms with E-state index in [0.717, 1.165) is 48.6 Å². The number of aromatic hydroxyl groups is 2. The topological polar surface area (TPSA) is 267 Å². The van der Waals surface area contributed by atoms with Crippen molar-refractivity contribution in [2.45, 2.75) is 20.8 Å². The number of halogens is 3. The maximum Gasteiger partial charge on any atom is 0.351 e. The Morgan fingerprint density at radius 3 is 1.25 bits per heavy atom. The zero-order chi connectivity index (χ0) is 57.6. The van der Waals surface area contributed by atoms with Gasteiger partial charge in [0.05, 0.1) is 61.8 Å². The van der Waals surface area contributed by atoms with Crippen LogP contribution in [0.4, 0.5) is 11.4 Å². The van der Waals surface area contributed by atoms with E-state index in [2.05, 4.69) is 62.3 Å². The number of aryl methyl sites for hydroxylation is 1. The van der Waals surface area contributed by atoms with Gasteiger partial charge < -0.3 is 64.2 Å². The second-order valence-electron chi connectivity index (χ2n) is 14.7. The van der Waals surface area contributed by atoms with Crippen LogP contribution >= 0.6 is 116 Å². The van der Waals surface area contributed by atoms with E-state index in [-0.39, 0.29) is 55.5 Å². The minimum Gasteiger partial charge on any atom is -0.505 e. The van der Waals surface area contributed by atoms with Crippen molar-refractivity contribution in [1.29, 1.82) is 0 Å². The molecular formula is C46H56Br3N5O15S6. The largest absolute Gasteiger partial charge is 0.505 e. The molecule has 412 valence electrons. The van der Waals surface area contributed by atoms with Gasteiger partial charge in [-0.2, -0.15) is 0 Å². The number of methoxy groups -OCH3 is 6. The third-order valence-corrected chi connectivity index (χ3v) is 17.0. The molecule has 6 rings (SSSR count). The average molecular weight is 1350 g/mol. The van der Waals surface area contributed by atoms with E-state index in [1.807, 2.05) is 31.5 Å². The van der Waals surface area contributed by atoms with E-state index in [1.54, 1.807) is 78.0 Å². The van der Waals surface area contributed by atoms with Crippen molar-refractivity contribution in [3.8, 4) is 34.5 Å². The molecule has 0 spiro atoms. The molecule has 0 radical (unpaired) electrons. The van der Waals surface area contributed by atoms with Crippen LogP contribution in [0.15, 0.2) is 50.7 Å². The van der Waals surface area contributed by atoms with E-state index < -0.39 is 11.9 Å². The van der Waals surface area contributed by atoms with Gasteiger partial charge in [0.15, 0.2) is 43.4 Å². The summed E-state index contributed by atoms with van der Waals surface area (Å²) in [5.41, 5.74) is 8.14. The lowest BCUT2D eigenvalue weighted by atomic mass is 10.3. The number of aromatic carboxylic acids is 1. The molecule has 0 unspecified atom stereocenters. The number of hydrogen-bond acceptors (Lipinski definition) is 22. The minimum absolute atomic E-state index is 0.0347. The predicted octanol–water partition coefficient (Wildman–Crippen LogP) is 11.6. The smallest absolute Gasteiger partial charge is 0.351 e. The number of rotatable bonds is 11. The minimum atomic E-state index is -0.931. The molecule has 20 nitrogen and oxygen atoms in total. The molecule has 0 aliphatic heterocycles. The monoisotopic (exact) mass is 1350 g/mol. The molecule has 0 atom stereocenters. The third kappa shape index (κ3) is 19.7. The summed E-state index contributed by atoms with van der Waals surface area (Å²) >= 11 is 17.1. The summed E-state index contributed by atoms with van der Waals surface area (Å²) < 4.78 is 31.4. The number of carboxylic acid groups (broad SMARTS) is 1. The zero-order valence-corrected chi connectivity index (χ0v) is 52.8. The fourth-order valence-corrected chi connectivity index (χ4v) is 12.2. The number of hydrogen-bond donors (Lipinski definition) is 4. The van der Waals surface area contributed by atoms with Gasteiger partial charge in [-0.15, -0.1) is 68.0 Å². The van der Waals surface area contributed by atoms with Gasteiger partial charge in [0.1, 0.15) is 26.1 Å². The summed E-state index contributed by atoms with van der Waals surface area (Å²) in [5.74, 6) is -0.122. The Kier molecular flexibility index (Phi) is 29.8. The highest BCUT2D eigenvalue weighted by molar-refractivity contribution is 9.11. The van der Waals surface area contributed by atoms with Crippen LogP contribution < -0.4 is 24.7 Å². The molecule has 5 N–H and O–H groups in total. The number of carbonyl (C=O) groups is 6. The number of nitrogens with zero attached hydrogens (tertiary/aromatic N) is 4. The van der Waals surface area contributed by atoms with Gasteiger partial charge >= 0.3 is 17.9 Å². The van der Waals surface area contributed by atoms with Gasteiger partial charge in [0, 0.05) is 80.5 Å². The molecule has 0 saturated heterocycles. The molecule has 29 heteroatoms. The summed E-state index contributed by atoms with van der Waals surface area (Å²) in [5, 5.41) is 37.5. The van der Waals surface area contributed by atoms with E-state index in [1.165, 1.54) is 88.5 Å². The first kappa shape index (κ1) is 67.7. The van der Waals surface area contributed by atoms with Gasteiger partial charge in [-0.05, 0) is 73.9 Å². The average Bonchev–Trinajstić information content (AvgIpc) is 4.25. The molecule has 0 aliphatic carbocycles. The number of ether oxygens (including phenoxy) is 6. The van der Waals surface area contributed by atoms with Crippen molar-refractivity contribution < 1.29 is 72.5 Å². The first-order chi connectivity index (χ1) is 35.1. The maximum absolute atomic E-state index is 11.8. The number of nitrogens with two attached hydrogens (primary N) is 1. The highest BCUT2D eigenvalue weighted by Crippen LogP contribution is 2.39. The molecule has 0 fully saturated rings. The number of nitrogen functional groups attached to an aromatic ring is 1. The lowest BCUT2D eigenvalue weighted by molar-refractivity contribution is 0.0593. The van der Waals surface area contributed by atoms with E-state index in [9.17, 15) is 39.0 Å². The Labute approximate surface area is 483 Å². The van der Waals surface area contributed by atoms with Crippen LogP contribution in [0, 0.1) is 6.92 Å². The molecule has 3 amide bonds. The normalized spacial score (nSPS) is 9.73. The Bertz CT molecular complexity index is 2900. The maximum atomic E-state index is 11.8. The molecular weight excluding hydrogens is 1290 g/mol. The molecule has 75 heavy (non-hydrogen) atoms. The Balaban J connectivity index is 0.000000452. The van der Waals surface area contributed by atoms with Crippen LogP contribution in [-0.2, 0) is 9.47 Å². The summed E-state index contributed by atoms with van der Waals surface area (Å²) in [6, 6.07) is 0. The lowest BCUT2D eigenvalue weighted by Gasteiger charge is -2.10. The molecule has 0 bridgehead atoms. The van der Waals surface area contributed by atoms with Gasteiger partial charge in [0.2, 0.25) is 0 Å².